The van der Waals surface area contributed by atoms with Crippen LogP contribution in [0.15, 0.2) is 60.7 Å². The molecule has 7 heteroatoms. The molecular formula is C23H18ClFN2O3. The summed E-state index contributed by atoms with van der Waals surface area (Å²) in [7, 11) is 0. The molecule has 4 atom stereocenters. The van der Waals surface area contributed by atoms with Crippen molar-refractivity contribution in [2.75, 3.05) is 0 Å². The van der Waals surface area contributed by atoms with Gasteiger partial charge in [0.25, 0.3) is 17.7 Å². The Morgan fingerprint density at radius 3 is 2.20 bits per heavy atom. The number of hydrazine groups is 1. The van der Waals surface area contributed by atoms with Gasteiger partial charge in [-0.25, -0.2) is 9.40 Å². The highest BCUT2D eigenvalue weighted by Crippen LogP contribution is 2.52. The SMILES string of the molecule is O=C(c1ccc(Cl)cc1)N(Cc1ccccc1F)N1C(=O)[C@@H]2[C@H](C1=O)[C@H]1C=C[C@@H]2C1. The maximum Gasteiger partial charge on any atom is 0.273 e. The number of rotatable bonds is 4. The Kier molecular flexibility index (Phi) is 4.47. The summed E-state index contributed by atoms with van der Waals surface area (Å²) in [6, 6.07) is 12.2. The molecule has 2 aromatic rings. The zero-order valence-corrected chi connectivity index (χ0v) is 16.6. The van der Waals surface area contributed by atoms with Crippen LogP contribution in [-0.4, -0.2) is 27.7 Å². The van der Waals surface area contributed by atoms with Crippen LogP contribution >= 0.6 is 11.6 Å². The van der Waals surface area contributed by atoms with Crippen molar-refractivity contribution in [1.29, 1.82) is 0 Å². The summed E-state index contributed by atoms with van der Waals surface area (Å²) < 4.78 is 14.4. The van der Waals surface area contributed by atoms with Crippen molar-refractivity contribution in [1.82, 2.24) is 10.0 Å². The Hall–Kier alpha value is -2.99. The summed E-state index contributed by atoms with van der Waals surface area (Å²) in [5.74, 6) is -2.71. The number of allylic oxidation sites excluding steroid dienone is 2. The van der Waals surface area contributed by atoms with E-state index in [9.17, 15) is 18.8 Å². The lowest BCUT2D eigenvalue weighted by Crippen LogP contribution is -2.50. The van der Waals surface area contributed by atoms with E-state index >= 15 is 0 Å². The van der Waals surface area contributed by atoms with E-state index < -0.39 is 23.6 Å². The van der Waals surface area contributed by atoms with Gasteiger partial charge in [0.1, 0.15) is 5.82 Å². The predicted octanol–water partition coefficient (Wildman–Crippen LogP) is 3.84. The van der Waals surface area contributed by atoms with Gasteiger partial charge in [0.15, 0.2) is 0 Å². The number of carbonyl (C=O) groups excluding carboxylic acids is 3. The number of hydrogen-bond acceptors (Lipinski definition) is 3. The van der Waals surface area contributed by atoms with Gasteiger partial charge in [-0.3, -0.25) is 14.4 Å². The zero-order chi connectivity index (χ0) is 21.0. The van der Waals surface area contributed by atoms with Crippen LogP contribution in [-0.2, 0) is 16.1 Å². The molecule has 0 unspecified atom stereocenters. The van der Waals surface area contributed by atoms with Crippen LogP contribution in [0.2, 0.25) is 5.02 Å². The van der Waals surface area contributed by atoms with Crippen molar-refractivity contribution < 1.29 is 18.8 Å². The number of benzene rings is 2. The van der Waals surface area contributed by atoms with Crippen molar-refractivity contribution in [2.45, 2.75) is 13.0 Å². The fraction of sp³-hybridized carbons (Fsp3) is 0.261. The molecule has 0 spiro atoms. The van der Waals surface area contributed by atoms with E-state index in [1.165, 1.54) is 24.3 Å². The Morgan fingerprint density at radius 2 is 1.60 bits per heavy atom. The minimum Gasteiger partial charge on any atom is -0.272 e. The van der Waals surface area contributed by atoms with Crippen molar-refractivity contribution in [3.8, 4) is 0 Å². The lowest BCUT2D eigenvalue weighted by atomic mass is 9.85. The molecule has 0 N–H and O–H groups in total. The van der Waals surface area contributed by atoms with Crippen LogP contribution < -0.4 is 0 Å². The van der Waals surface area contributed by atoms with Crippen LogP contribution in [0.4, 0.5) is 4.39 Å². The number of nitrogens with zero attached hydrogens (tertiary/aromatic N) is 2. The third-order valence-electron chi connectivity index (χ3n) is 6.29. The predicted molar refractivity (Wildman–Crippen MR) is 107 cm³/mol. The van der Waals surface area contributed by atoms with E-state index in [1.807, 2.05) is 12.2 Å². The summed E-state index contributed by atoms with van der Waals surface area (Å²) in [5, 5.41) is 2.48. The summed E-state index contributed by atoms with van der Waals surface area (Å²) in [5.41, 5.74) is 0.480. The minimum absolute atomic E-state index is 0.0161. The Bertz CT molecular complexity index is 1050. The molecule has 0 aromatic heterocycles. The van der Waals surface area contributed by atoms with Gasteiger partial charge in [-0.15, -0.1) is 0 Å². The van der Waals surface area contributed by atoms with Crippen LogP contribution in [0.5, 0.6) is 0 Å². The third-order valence-corrected chi connectivity index (χ3v) is 6.54. The van der Waals surface area contributed by atoms with Gasteiger partial charge in [-0.05, 0) is 48.6 Å². The van der Waals surface area contributed by atoms with Crippen molar-refractivity contribution in [3.63, 3.8) is 0 Å². The molecule has 30 heavy (non-hydrogen) atoms. The molecule has 5 nitrogen and oxygen atoms in total. The average Bonchev–Trinajstić information content (AvgIpc) is 3.42. The largest absolute Gasteiger partial charge is 0.273 e. The fourth-order valence-electron chi connectivity index (χ4n) is 4.89. The maximum atomic E-state index is 14.4. The smallest absolute Gasteiger partial charge is 0.272 e. The van der Waals surface area contributed by atoms with E-state index in [0.717, 1.165) is 16.4 Å². The van der Waals surface area contributed by atoms with Crippen LogP contribution in [0, 0.1) is 29.5 Å². The lowest BCUT2D eigenvalue weighted by molar-refractivity contribution is -0.156. The first-order valence-corrected chi connectivity index (χ1v) is 10.2. The third kappa shape index (κ3) is 2.86. The monoisotopic (exact) mass is 424 g/mol. The van der Waals surface area contributed by atoms with Gasteiger partial charge >= 0.3 is 0 Å². The van der Waals surface area contributed by atoms with E-state index in [0.29, 0.717) is 5.02 Å². The molecular weight excluding hydrogens is 407 g/mol. The van der Waals surface area contributed by atoms with Crippen molar-refractivity contribution >= 4 is 29.3 Å². The molecule has 1 aliphatic heterocycles. The van der Waals surface area contributed by atoms with Crippen molar-refractivity contribution in [2.24, 2.45) is 23.7 Å². The summed E-state index contributed by atoms with van der Waals surface area (Å²) in [4.78, 5) is 39.9. The zero-order valence-electron chi connectivity index (χ0n) is 15.9. The molecule has 1 saturated heterocycles. The standard InChI is InChI=1S/C23H18ClFN2O3/c24-17-9-7-13(8-10-17)21(28)26(12-16-3-1-2-4-18(16)25)27-22(29)19-14-5-6-15(11-14)20(19)23(27)30/h1-10,14-15,19-20H,11-12H2/t14-,15+,19+,20-. The molecule has 2 aromatic carbocycles. The van der Waals surface area contributed by atoms with E-state index in [1.54, 1.807) is 24.3 Å². The second kappa shape index (κ2) is 7.06. The van der Waals surface area contributed by atoms with Gasteiger partial charge in [0.05, 0.1) is 18.4 Å². The average molecular weight is 425 g/mol. The lowest BCUT2D eigenvalue weighted by Gasteiger charge is -2.31. The number of halogens is 2. The van der Waals surface area contributed by atoms with Gasteiger partial charge in [0.2, 0.25) is 0 Å². The summed E-state index contributed by atoms with van der Waals surface area (Å²) >= 11 is 5.92. The van der Waals surface area contributed by atoms with E-state index in [2.05, 4.69) is 0 Å². The van der Waals surface area contributed by atoms with Crippen LogP contribution in [0.3, 0.4) is 0 Å². The number of fused-ring (bicyclic) bond motifs is 5. The molecule has 0 radical (unpaired) electrons. The Morgan fingerprint density at radius 1 is 1.00 bits per heavy atom. The Balaban J connectivity index is 1.53. The van der Waals surface area contributed by atoms with Gasteiger partial charge in [0, 0.05) is 16.1 Å². The fourth-order valence-corrected chi connectivity index (χ4v) is 5.01. The summed E-state index contributed by atoms with van der Waals surface area (Å²) in [6.45, 7) is -0.228. The first-order valence-electron chi connectivity index (χ1n) is 9.82. The van der Waals surface area contributed by atoms with E-state index in [-0.39, 0.29) is 41.3 Å². The van der Waals surface area contributed by atoms with Crippen LogP contribution in [0.1, 0.15) is 22.3 Å². The molecule has 2 fully saturated rings. The normalized spacial score (nSPS) is 26.4. The first-order chi connectivity index (χ1) is 14.5. The molecule has 152 valence electrons. The molecule has 3 amide bonds. The minimum atomic E-state index is -0.558. The van der Waals surface area contributed by atoms with Gasteiger partial charge < -0.3 is 0 Å². The first kappa shape index (κ1) is 19.0. The highest BCUT2D eigenvalue weighted by Gasteiger charge is 2.61. The molecule has 1 heterocycles. The second-order valence-electron chi connectivity index (χ2n) is 7.95. The highest BCUT2D eigenvalue weighted by molar-refractivity contribution is 6.30. The van der Waals surface area contributed by atoms with Crippen LogP contribution in [0.25, 0.3) is 0 Å². The topological polar surface area (TPSA) is 57.7 Å². The number of carbonyl (C=O) groups is 3. The van der Waals surface area contributed by atoms with Gasteiger partial charge in [-0.2, -0.15) is 5.01 Å². The molecule has 2 aliphatic carbocycles. The quantitative estimate of drug-likeness (QED) is 0.553. The van der Waals surface area contributed by atoms with Crippen molar-refractivity contribution in [3.05, 3.63) is 82.6 Å². The summed E-state index contributed by atoms with van der Waals surface area (Å²) in [6.07, 6.45) is 4.77. The number of amides is 3. The van der Waals surface area contributed by atoms with E-state index in [4.69, 9.17) is 11.6 Å². The second-order valence-corrected chi connectivity index (χ2v) is 8.39. The molecule has 1 saturated carbocycles. The number of imide groups is 1. The highest BCUT2D eigenvalue weighted by atomic mass is 35.5. The maximum absolute atomic E-state index is 14.4. The molecule has 2 bridgehead atoms. The molecule has 5 rings (SSSR count). The molecule has 3 aliphatic rings. The van der Waals surface area contributed by atoms with Gasteiger partial charge in [-0.1, -0.05) is 42.0 Å². The number of hydrogen-bond donors (Lipinski definition) is 0. The Labute approximate surface area is 177 Å².